The van der Waals surface area contributed by atoms with E-state index in [9.17, 15) is 0 Å². The predicted octanol–water partition coefficient (Wildman–Crippen LogP) is 4.14. The van der Waals surface area contributed by atoms with Gasteiger partial charge in [0.15, 0.2) is 0 Å². The molecule has 0 atom stereocenters. The van der Waals surface area contributed by atoms with Crippen molar-refractivity contribution < 1.29 is 4.74 Å². The number of ether oxygens (including phenoxy) is 1. The minimum atomic E-state index is 0.583. The van der Waals surface area contributed by atoms with Crippen LogP contribution in [0.5, 0.6) is 0 Å². The topological polar surface area (TPSA) is 21.3 Å². The molecule has 0 aromatic carbocycles. The summed E-state index contributed by atoms with van der Waals surface area (Å²) in [4.78, 5) is 0. The first-order valence-electron chi connectivity index (χ1n) is 9.73. The molecule has 2 nitrogen and oxygen atoms in total. The highest BCUT2D eigenvalue weighted by Crippen LogP contribution is 2.53. The summed E-state index contributed by atoms with van der Waals surface area (Å²) in [6.07, 6.45) is 16.3. The van der Waals surface area contributed by atoms with Crippen molar-refractivity contribution in [3.63, 3.8) is 0 Å². The number of nitrogens with one attached hydrogen (secondary N) is 1. The van der Waals surface area contributed by atoms with E-state index in [4.69, 9.17) is 4.74 Å². The fraction of sp³-hybridized carbons (Fsp3) is 1.00. The Morgan fingerprint density at radius 1 is 0.810 bits per heavy atom. The minimum absolute atomic E-state index is 0.583. The van der Waals surface area contributed by atoms with Crippen molar-refractivity contribution in [2.24, 2.45) is 23.7 Å². The smallest absolute Gasteiger partial charge is 0.0575 e. The van der Waals surface area contributed by atoms with E-state index in [1.165, 1.54) is 70.8 Å². The molecule has 5 aliphatic rings. The monoisotopic (exact) mass is 291 g/mol. The van der Waals surface area contributed by atoms with Crippen LogP contribution < -0.4 is 5.32 Å². The van der Waals surface area contributed by atoms with E-state index >= 15 is 0 Å². The Balaban J connectivity index is 1.14. The lowest BCUT2D eigenvalue weighted by molar-refractivity contribution is -0.0156. The van der Waals surface area contributed by atoms with Gasteiger partial charge in [0.1, 0.15) is 0 Å². The van der Waals surface area contributed by atoms with Gasteiger partial charge >= 0.3 is 0 Å². The number of hydrogen-bond acceptors (Lipinski definition) is 2. The minimum Gasteiger partial charge on any atom is -0.378 e. The molecule has 4 bridgehead atoms. The van der Waals surface area contributed by atoms with Gasteiger partial charge < -0.3 is 10.1 Å². The van der Waals surface area contributed by atoms with Crippen LogP contribution in [0.3, 0.4) is 0 Å². The van der Waals surface area contributed by atoms with Crippen molar-refractivity contribution in [1.82, 2.24) is 5.32 Å². The first-order chi connectivity index (χ1) is 10.4. The zero-order valence-corrected chi connectivity index (χ0v) is 13.6. The molecule has 1 N–H and O–H groups in total. The van der Waals surface area contributed by atoms with Crippen molar-refractivity contribution in [2.75, 3.05) is 13.2 Å². The maximum atomic E-state index is 6.05. The normalized spacial score (nSPS) is 42.6. The summed E-state index contributed by atoms with van der Waals surface area (Å²) in [5.74, 6) is 4.22. The Labute approximate surface area is 130 Å². The summed E-state index contributed by atoms with van der Waals surface area (Å²) < 4.78 is 6.05. The van der Waals surface area contributed by atoms with Crippen LogP contribution in [-0.4, -0.2) is 25.3 Å². The molecule has 0 amide bonds. The average molecular weight is 291 g/mol. The first kappa shape index (κ1) is 14.5. The van der Waals surface area contributed by atoms with E-state index in [-0.39, 0.29) is 0 Å². The van der Waals surface area contributed by atoms with Crippen LogP contribution in [0.2, 0.25) is 0 Å². The molecule has 5 saturated carbocycles. The van der Waals surface area contributed by atoms with Gasteiger partial charge in [-0.05, 0) is 81.6 Å². The molecule has 5 aliphatic carbocycles. The quantitative estimate of drug-likeness (QED) is 0.743. The van der Waals surface area contributed by atoms with Crippen LogP contribution in [0.25, 0.3) is 0 Å². The molecule has 5 rings (SSSR count). The van der Waals surface area contributed by atoms with Crippen molar-refractivity contribution in [1.29, 1.82) is 0 Å². The summed E-state index contributed by atoms with van der Waals surface area (Å²) >= 11 is 0. The van der Waals surface area contributed by atoms with Crippen molar-refractivity contribution in [3.05, 3.63) is 0 Å². The molecule has 21 heavy (non-hydrogen) atoms. The van der Waals surface area contributed by atoms with Crippen molar-refractivity contribution in [2.45, 2.75) is 82.8 Å². The third-order valence-corrected chi connectivity index (χ3v) is 6.83. The SMILES string of the molecule is C1CCC(OCCCNC2C3CC4CC(C3)CC2C4)CC1. The van der Waals surface area contributed by atoms with Gasteiger partial charge in [-0.2, -0.15) is 0 Å². The van der Waals surface area contributed by atoms with Gasteiger partial charge in [0.25, 0.3) is 0 Å². The molecule has 2 heteroatoms. The fourth-order valence-corrected chi connectivity index (χ4v) is 6.08. The van der Waals surface area contributed by atoms with Crippen molar-refractivity contribution in [3.8, 4) is 0 Å². The van der Waals surface area contributed by atoms with Gasteiger partial charge in [-0.3, -0.25) is 0 Å². The lowest BCUT2D eigenvalue weighted by Crippen LogP contribution is -2.54. The van der Waals surface area contributed by atoms with Gasteiger partial charge in [0.05, 0.1) is 6.10 Å². The molecular weight excluding hydrogens is 258 g/mol. The zero-order chi connectivity index (χ0) is 14.1. The second-order valence-corrected chi connectivity index (χ2v) is 8.39. The Hall–Kier alpha value is -0.0800. The second kappa shape index (κ2) is 6.58. The van der Waals surface area contributed by atoms with Gasteiger partial charge in [0, 0.05) is 12.6 Å². The molecule has 0 unspecified atom stereocenters. The Morgan fingerprint density at radius 2 is 1.48 bits per heavy atom. The average Bonchev–Trinajstić information content (AvgIpc) is 2.50. The molecular formula is C19H33NO. The van der Waals surface area contributed by atoms with E-state index in [2.05, 4.69) is 5.32 Å². The lowest BCUT2D eigenvalue weighted by atomic mass is 9.54. The molecule has 0 heterocycles. The molecule has 0 aliphatic heterocycles. The van der Waals surface area contributed by atoms with Crippen molar-refractivity contribution >= 4 is 0 Å². The van der Waals surface area contributed by atoms with Crippen LogP contribution in [0.1, 0.15) is 70.6 Å². The molecule has 0 spiro atoms. The molecule has 5 fully saturated rings. The summed E-state index contributed by atoms with van der Waals surface area (Å²) in [7, 11) is 0. The van der Waals surface area contributed by atoms with E-state index in [1.807, 2.05) is 0 Å². The lowest BCUT2D eigenvalue weighted by Gasteiger charge is -2.54. The molecule has 0 aromatic rings. The predicted molar refractivity (Wildman–Crippen MR) is 86.3 cm³/mol. The van der Waals surface area contributed by atoms with Gasteiger partial charge in [-0.25, -0.2) is 0 Å². The van der Waals surface area contributed by atoms with Gasteiger partial charge in [-0.1, -0.05) is 19.3 Å². The fourth-order valence-electron chi connectivity index (χ4n) is 6.08. The van der Waals surface area contributed by atoms with E-state index < -0.39 is 0 Å². The molecule has 0 saturated heterocycles. The Morgan fingerprint density at radius 3 is 2.14 bits per heavy atom. The van der Waals surface area contributed by atoms with Gasteiger partial charge in [0.2, 0.25) is 0 Å². The Bertz CT molecular complexity index is 308. The summed E-state index contributed by atoms with van der Waals surface area (Å²) in [6.45, 7) is 2.16. The summed E-state index contributed by atoms with van der Waals surface area (Å²) in [5.41, 5.74) is 0. The third kappa shape index (κ3) is 3.32. The standard InChI is InChI=1S/C19H33NO/c1-2-5-18(6-3-1)21-8-4-7-20-19-16-10-14-9-15(12-16)13-17(19)11-14/h14-20H,1-13H2. The maximum absolute atomic E-state index is 6.05. The molecule has 0 aromatic heterocycles. The highest BCUT2D eigenvalue weighted by Gasteiger charge is 2.47. The van der Waals surface area contributed by atoms with E-state index in [0.29, 0.717) is 6.10 Å². The van der Waals surface area contributed by atoms with Crippen LogP contribution >= 0.6 is 0 Å². The third-order valence-electron chi connectivity index (χ3n) is 6.83. The molecule has 120 valence electrons. The van der Waals surface area contributed by atoms with Crippen LogP contribution in [0, 0.1) is 23.7 Å². The van der Waals surface area contributed by atoms with E-state index in [0.717, 1.165) is 36.3 Å². The molecule has 0 radical (unpaired) electrons. The number of hydrogen-bond donors (Lipinski definition) is 1. The highest BCUT2D eigenvalue weighted by molar-refractivity contribution is 5.01. The van der Waals surface area contributed by atoms with E-state index in [1.54, 1.807) is 6.42 Å². The summed E-state index contributed by atoms with van der Waals surface area (Å²) in [5, 5.41) is 3.92. The second-order valence-electron chi connectivity index (χ2n) is 8.39. The van der Waals surface area contributed by atoms with Gasteiger partial charge in [-0.15, -0.1) is 0 Å². The first-order valence-corrected chi connectivity index (χ1v) is 9.73. The highest BCUT2D eigenvalue weighted by atomic mass is 16.5. The maximum Gasteiger partial charge on any atom is 0.0575 e. The number of rotatable bonds is 6. The van der Waals surface area contributed by atoms with Crippen LogP contribution in [0.4, 0.5) is 0 Å². The zero-order valence-electron chi connectivity index (χ0n) is 13.6. The largest absolute Gasteiger partial charge is 0.378 e. The summed E-state index contributed by atoms with van der Waals surface area (Å²) in [6, 6.07) is 0.854. The van der Waals surface area contributed by atoms with Crippen LogP contribution in [-0.2, 0) is 4.74 Å². The van der Waals surface area contributed by atoms with Crippen LogP contribution in [0.15, 0.2) is 0 Å². The Kier molecular flexibility index (Phi) is 4.55.